The number of hydrogen-bond acceptors (Lipinski definition) is 3. The molecule has 1 aliphatic heterocycles. The van der Waals surface area contributed by atoms with Gasteiger partial charge in [-0.15, -0.1) is 0 Å². The maximum Gasteiger partial charge on any atom is 0.416 e. The lowest BCUT2D eigenvalue weighted by Crippen LogP contribution is -2.31. The molecule has 0 bridgehead atoms. The number of carbonyl (C=O) groups is 2. The average molecular weight is 396 g/mol. The highest BCUT2D eigenvalue weighted by molar-refractivity contribution is 6.31. The summed E-state index contributed by atoms with van der Waals surface area (Å²) in [6.07, 6.45) is -4.61. The van der Waals surface area contributed by atoms with Crippen molar-refractivity contribution in [3.63, 3.8) is 0 Å². The summed E-state index contributed by atoms with van der Waals surface area (Å²) in [6.45, 7) is 1.16. The molecule has 1 atom stereocenters. The molecule has 0 radical (unpaired) electrons. The van der Waals surface area contributed by atoms with Crippen molar-refractivity contribution in [2.45, 2.75) is 19.1 Å². The van der Waals surface area contributed by atoms with Crippen LogP contribution in [0.2, 0.25) is 5.02 Å². The predicted octanol–water partition coefficient (Wildman–Crippen LogP) is 4.85. The fraction of sp³-hybridized carbons (Fsp3) is 0.158. The lowest BCUT2D eigenvalue weighted by molar-refractivity contribution is -0.137. The third-order valence-electron chi connectivity index (χ3n) is 4.24. The van der Waals surface area contributed by atoms with E-state index < -0.39 is 35.2 Å². The molecule has 8 heteroatoms. The van der Waals surface area contributed by atoms with Gasteiger partial charge in [0.05, 0.1) is 17.2 Å². The summed E-state index contributed by atoms with van der Waals surface area (Å²) >= 11 is 6.19. The monoisotopic (exact) mass is 395 g/mol. The zero-order valence-electron chi connectivity index (χ0n) is 13.9. The van der Waals surface area contributed by atoms with Crippen molar-refractivity contribution in [2.24, 2.45) is 0 Å². The second kappa shape index (κ2) is 6.74. The number of amides is 1. The van der Waals surface area contributed by atoms with Crippen molar-refractivity contribution < 1.29 is 27.9 Å². The molecule has 0 saturated carbocycles. The number of Topliss-reactive ketones (excluding diaryl/α,β-unsaturated/α-hetero) is 1. The zero-order chi connectivity index (χ0) is 19.9. The largest absolute Gasteiger partial charge is 0.503 e. The average Bonchev–Trinajstić information content (AvgIpc) is 2.86. The van der Waals surface area contributed by atoms with Crippen molar-refractivity contribution in [3.05, 3.63) is 76.0 Å². The molecule has 0 fully saturated rings. The van der Waals surface area contributed by atoms with Crippen molar-refractivity contribution >= 4 is 29.0 Å². The van der Waals surface area contributed by atoms with E-state index in [2.05, 4.69) is 0 Å². The Morgan fingerprint density at radius 1 is 1.15 bits per heavy atom. The summed E-state index contributed by atoms with van der Waals surface area (Å²) in [5.74, 6) is -2.35. The minimum atomic E-state index is -4.61. The first kappa shape index (κ1) is 19.0. The van der Waals surface area contributed by atoms with E-state index in [4.69, 9.17) is 11.6 Å². The molecule has 1 amide bonds. The SMILES string of the molecule is CC(=O)C1=C(O)C(=O)N(c2cccc(C(F)(F)F)c2)[C@@H]1c1ccccc1Cl. The molecule has 4 nitrogen and oxygen atoms in total. The number of benzene rings is 2. The van der Waals surface area contributed by atoms with E-state index in [1.165, 1.54) is 12.1 Å². The van der Waals surface area contributed by atoms with Crippen LogP contribution in [-0.4, -0.2) is 16.8 Å². The van der Waals surface area contributed by atoms with Gasteiger partial charge in [-0.3, -0.25) is 14.5 Å². The van der Waals surface area contributed by atoms with E-state index in [1.807, 2.05) is 0 Å². The Hall–Kier alpha value is -2.80. The molecular weight excluding hydrogens is 383 g/mol. The van der Waals surface area contributed by atoms with E-state index in [1.54, 1.807) is 18.2 Å². The highest BCUT2D eigenvalue weighted by atomic mass is 35.5. The number of alkyl halides is 3. The van der Waals surface area contributed by atoms with E-state index in [-0.39, 0.29) is 16.3 Å². The number of anilines is 1. The van der Waals surface area contributed by atoms with Crippen LogP contribution in [-0.2, 0) is 15.8 Å². The van der Waals surface area contributed by atoms with Crippen molar-refractivity contribution in [2.75, 3.05) is 4.90 Å². The molecule has 1 heterocycles. The molecule has 0 spiro atoms. The summed E-state index contributed by atoms with van der Waals surface area (Å²) in [5, 5.41) is 10.4. The van der Waals surface area contributed by atoms with Gasteiger partial charge >= 0.3 is 6.18 Å². The first-order valence-corrected chi connectivity index (χ1v) is 8.20. The predicted molar refractivity (Wildman–Crippen MR) is 93.5 cm³/mol. The maximum absolute atomic E-state index is 13.1. The van der Waals surface area contributed by atoms with Gasteiger partial charge in [0, 0.05) is 10.7 Å². The second-order valence-electron chi connectivity index (χ2n) is 5.97. The highest BCUT2D eigenvalue weighted by Crippen LogP contribution is 2.44. The molecule has 3 rings (SSSR count). The molecule has 0 unspecified atom stereocenters. The summed E-state index contributed by atoms with van der Waals surface area (Å²) in [6, 6.07) is 9.29. The maximum atomic E-state index is 13.1. The molecule has 27 heavy (non-hydrogen) atoms. The van der Waals surface area contributed by atoms with Gasteiger partial charge in [-0.25, -0.2) is 0 Å². The molecule has 0 aliphatic carbocycles. The third-order valence-corrected chi connectivity index (χ3v) is 4.58. The van der Waals surface area contributed by atoms with Gasteiger partial charge in [-0.2, -0.15) is 13.2 Å². The van der Waals surface area contributed by atoms with Gasteiger partial charge in [0.15, 0.2) is 11.5 Å². The van der Waals surface area contributed by atoms with Crippen molar-refractivity contribution in [1.29, 1.82) is 0 Å². The molecule has 0 aromatic heterocycles. The van der Waals surface area contributed by atoms with Gasteiger partial charge in [0.1, 0.15) is 0 Å². The molecule has 1 aliphatic rings. The number of aliphatic hydroxyl groups excluding tert-OH is 1. The van der Waals surface area contributed by atoms with Gasteiger partial charge in [-0.05, 0) is 36.8 Å². The topological polar surface area (TPSA) is 57.6 Å². The van der Waals surface area contributed by atoms with Crippen LogP contribution >= 0.6 is 11.6 Å². The fourth-order valence-electron chi connectivity index (χ4n) is 3.05. The standard InChI is InChI=1S/C19H13ClF3NO3/c1-10(25)15-16(13-7-2-3-8-14(13)20)24(18(27)17(15)26)12-6-4-5-11(9-12)19(21,22)23/h2-9,16,26H,1H3/t16-/m1/s1. The summed E-state index contributed by atoms with van der Waals surface area (Å²) in [4.78, 5) is 25.6. The quantitative estimate of drug-likeness (QED) is 0.808. The van der Waals surface area contributed by atoms with Crippen molar-refractivity contribution in [3.8, 4) is 0 Å². The number of nitrogens with zero attached hydrogens (tertiary/aromatic N) is 1. The lowest BCUT2D eigenvalue weighted by atomic mass is 9.96. The van der Waals surface area contributed by atoms with E-state index in [0.717, 1.165) is 30.0 Å². The Kier molecular flexibility index (Phi) is 4.73. The number of aliphatic hydroxyl groups is 1. The number of halogens is 4. The van der Waals surface area contributed by atoms with Gasteiger partial charge in [0.25, 0.3) is 5.91 Å². The molecule has 2 aromatic rings. The number of ketones is 1. The van der Waals surface area contributed by atoms with E-state index in [0.29, 0.717) is 5.56 Å². The minimum Gasteiger partial charge on any atom is -0.503 e. The Bertz CT molecular complexity index is 969. The number of carbonyl (C=O) groups excluding carboxylic acids is 2. The van der Waals surface area contributed by atoms with Crippen LogP contribution in [0, 0.1) is 0 Å². The smallest absolute Gasteiger partial charge is 0.416 e. The molecule has 1 N–H and O–H groups in total. The van der Waals surface area contributed by atoms with E-state index in [9.17, 15) is 27.9 Å². The first-order chi connectivity index (χ1) is 12.6. The highest BCUT2D eigenvalue weighted by Gasteiger charge is 2.44. The molecular formula is C19H13ClF3NO3. The fourth-order valence-corrected chi connectivity index (χ4v) is 3.29. The van der Waals surface area contributed by atoms with Crippen LogP contribution in [0.5, 0.6) is 0 Å². The van der Waals surface area contributed by atoms with Crippen LogP contribution < -0.4 is 4.90 Å². The van der Waals surface area contributed by atoms with E-state index >= 15 is 0 Å². The van der Waals surface area contributed by atoms with Crippen LogP contribution in [0.4, 0.5) is 18.9 Å². The minimum absolute atomic E-state index is 0.109. The Labute approximate surface area is 157 Å². The molecule has 140 valence electrons. The van der Waals surface area contributed by atoms with Gasteiger partial charge in [-0.1, -0.05) is 35.9 Å². The van der Waals surface area contributed by atoms with Gasteiger partial charge < -0.3 is 5.11 Å². The second-order valence-corrected chi connectivity index (χ2v) is 6.37. The Morgan fingerprint density at radius 3 is 2.41 bits per heavy atom. The normalized spacial score (nSPS) is 17.6. The van der Waals surface area contributed by atoms with Gasteiger partial charge in [0.2, 0.25) is 0 Å². The summed E-state index contributed by atoms with van der Waals surface area (Å²) in [7, 11) is 0. The van der Waals surface area contributed by atoms with Crippen LogP contribution in [0.3, 0.4) is 0 Å². The third kappa shape index (κ3) is 3.30. The number of hydrogen-bond donors (Lipinski definition) is 1. The summed E-state index contributed by atoms with van der Waals surface area (Å²) in [5.41, 5.74) is -0.964. The zero-order valence-corrected chi connectivity index (χ0v) is 14.7. The number of rotatable bonds is 3. The lowest BCUT2D eigenvalue weighted by Gasteiger charge is -2.27. The van der Waals surface area contributed by atoms with Crippen molar-refractivity contribution in [1.82, 2.24) is 0 Å². The first-order valence-electron chi connectivity index (χ1n) is 7.82. The van der Waals surface area contributed by atoms with Crippen LogP contribution in [0.15, 0.2) is 59.9 Å². The van der Waals surface area contributed by atoms with Crippen LogP contribution in [0.1, 0.15) is 24.1 Å². The van der Waals surface area contributed by atoms with Crippen LogP contribution in [0.25, 0.3) is 0 Å². The Balaban J connectivity index is 2.21. The molecule has 0 saturated heterocycles. The summed E-state index contributed by atoms with van der Waals surface area (Å²) < 4.78 is 39.2. The molecule has 2 aromatic carbocycles. The Morgan fingerprint density at radius 2 is 1.81 bits per heavy atom.